The van der Waals surface area contributed by atoms with Gasteiger partial charge in [-0.3, -0.25) is 4.90 Å². The molecule has 1 aromatic carbocycles. The van der Waals surface area contributed by atoms with Crippen molar-refractivity contribution in [2.75, 3.05) is 13.1 Å². The van der Waals surface area contributed by atoms with Crippen molar-refractivity contribution in [3.63, 3.8) is 0 Å². The summed E-state index contributed by atoms with van der Waals surface area (Å²) in [4.78, 5) is 11.4. The third-order valence-corrected chi connectivity index (χ3v) is 4.79. The number of aryl methyl sites for hydroxylation is 2. The molecule has 6 nitrogen and oxygen atoms in total. The Labute approximate surface area is 147 Å². The molecule has 0 aliphatic carbocycles. The Bertz CT molecular complexity index is 841. The SMILES string of the molecule is Cc1ncn(C)c1-c1nc(-c2cccc(CN3CCCCC3)c2)no1. The van der Waals surface area contributed by atoms with Crippen LogP contribution in [0.4, 0.5) is 0 Å². The Morgan fingerprint density at radius 3 is 2.76 bits per heavy atom. The van der Waals surface area contributed by atoms with Gasteiger partial charge in [-0.25, -0.2) is 4.98 Å². The van der Waals surface area contributed by atoms with Crippen LogP contribution in [0.15, 0.2) is 35.1 Å². The molecule has 130 valence electrons. The van der Waals surface area contributed by atoms with Crippen LogP contribution in [0.25, 0.3) is 23.0 Å². The van der Waals surface area contributed by atoms with Crippen molar-refractivity contribution in [3.05, 3.63) is 41.9 Å². The van der Waals surface area contributed by atoms with Crippen molar-refractivity contribution in [3.8, 4) is 23.0 Å². The first-order chi connectivity index (χ1) is 12.2. The zero-order valence-corrected chi connectivity index (χ0v) is 14.8. The number of aromatic nitrogens is 4. The van der Waals surface area contributed by atoms with E-state index < -0.39 is 0 Å². The topological polar surface area (TPSA) is 60.0 Å². The van der Waals surface area contributed by atoms with Gasteiger partial charge in [-0.1, -0.05) is 29.8 Å². The summed E-state index contributed by atoms with van der Waals surface area (Å²) in [7, 11) is 1.93. The second-order valence-corrected chi connectivity index (χ2v) is 6.75. The standard InChI is InChI=1S/C19H23N5O/c1-14-17(23(2)13-20-14)19-21-18(22-25-19)16-8-6-7-15(11-16)12-24-9-4-3-5-10-24/h6-8,11,13H,3-5,9-10,12H2,1-2H3. The fourth-order valence-corrected chi connectivity index (χ4v) is 3.47. The van der Waals surface area contributed by atoms with E-state index in [4.69, 9.17) is 4.52 Å². The van der Waals surface area contributed by atoms with Gasteiger partial charge in [0.1, 0.15) is 5.69 Å². The minimum Gasteiger partial charge on any atom is -0.332 e. The lowest BCUT2D eigenvalue weighted by molar-refractivity contribution is 0.221. The van der Waals surface area contributed by atoms with Gasteiger partial charge >= 0.3 is 0 Å². The molecule has 25 heavy (non-hydrogen) atoms. The van der Waals surface area contributed by atoms with E-state index in [2.05, 4.69) is 38.2 Å². The third kappa shape index (κ3) is 3.35. The number of rotatable bonds is 4. The Balaban J connectivity index is 1.57. The maximum atomic E-state index is 5.48. The molecule has 0 amide bonds. The second-order valence-electron chi connectivity index (χ2n) is 6.75. The normalized spacial score (nSPS) is 15.6. The molecule has 0 N–H and O–H groups in total. The smallest absolute Gasteiger partial charge is 0.276 e. The van der Waals surface area contributed by atoms with Crippen LogP contribution in [0.1, 0.15) is 30.5 Å². The van der Waals surface area contributed by atoms with Gasteiger partial charge in [0.05, 0.1) is 12.0 Å². The summed E-state index contributed by atoms with van der Waals surface area (Å²) in [6.07, 6.45) is 5.72. The van der Waals surface area contributed by atoms with Gasteiger partial charge in [0.15, 0.2) is 0 Å². The molecule has 2 aromatic heterocycles. The number of likely N-dealkylation sites (tertiary alicyclic amines) is 1. The van der Waals surface area contributed by atoms with Crippen LogP contribution in [0.5, 0.6) is 0 Å². The first-order valence-corrected chi connectivity index (χ1v) is 8.84. The van der Waals surface area contributed by atoms with E-state index in [0.717, 1.165) is 23.5 Å². The predicted molar refractivity (Wildman–Crippen MR) is 95.8 cm³/mol. The van der Waals surface area contributed by atoms with Gasteiger partial charge in [0.25, 0.3) is 5.89 Å². The minimum atomic E-state index is 0.508. The van der Waals surface area contributed by atoms with Crippen molar-refractivity contribution >= 4 is 0 Å². The lowest BCUT2D eigenvalue weighted by atomic mass is 10.1. The molecule has 1 fully saturated rings. The van der Waals surface area contributed by atoms with Gasteiger partial charge in [0.2, 0.25) is 5.82 Å². The van der Waals surface area contributed by atoms with E-state index in [-0.39, 0.29) is 0 Å². The predicted octanol–water partition coefficient (Wildman–Crippen LogP) is 3.43. The van der Waals surface area contributed by atoms with Crippen LogP contribution in [-0.4, -0.2) is 37.7 Å². The fraction of sp³-hybridized carbons (Fsp3) is 0.421. The van der Waals surface area contributed by atoms with Crippen LogP contribution in [0, 0.1) is 6.92 Å². The third-order valence-electron chi connectivity index (χ3n) is 4.79. The number of imidazole rings is 1. The highest BCUT2D eigenvalue weighted by Gasteiger charge is 2.17. The molecule has 0 saturated carbocycles. The summed E-state index contributed by atoms with van der Waals surface area (Å²) >= 11 is 0. The monoisotopic (exact) mass is 337 g/mol. The zero-order valence-electron chi connectivity index (χ0n) is 14.8. The van der Waals surface area contributed by atoms with Gasteiger partial charge in [-0.05, 0) is 44.5 Å². The van der Waals surface area contributed by atoms with Crippen LogP contribution in [-0.2, 0) is 13.6 Å². The summed E-state index contributed by atoms with van der Waals surface area (Å²) in [5.41, 5.74) is 4.03. The quantitative estimate of drug-likeness (QED) is 0.730. The molecule has 0 unspecified atom stereocenters. The van der Waals surface area contributed by atoms with E-state index in [1.165, 1.54) is 37.9 Å². The minimum absolute atomic E-state index is 0.508. The number of hydrogen-bond acceptors (Lipinski definition) is 5. The first-order valence-electron chi connectivity index (χ1n) is 8.84. The molecule has 3 heterocycles. The largest absolute Gasteiger partial charge is 0.332 e. The zero-order chi connectivity index (χ0) is 17.2. The fourth-order valence-electron chi connectivity index (χ4n) is 3.47. The molecule has 6 heteroatoms. The van der Waals surface area contributed by atoms with Crippen LogP contribution in [0.2, 0.25) is 0 Å². The average Bonchev–Trinajstić information content (AvgIpc) is 3.23. The van der Waals surface area contributed by atoms with Crippen LogP contribution in [0.3, 0.4) is 0 Å². The summed E-state index contributed by atoms with van der Waals surface area (Å²) < 4.78 is 7.38. The molecule has 0 spiro atoms. The highest BCUT2D eigenvalue weighted by Crippen LogP contribution is 2.25. The van der Waals surface area contributed by atoms with Gasteiger partial charge < -0.3 is 9.09 Å². The molecule has 0 radical (unpaired) electrons. The number of nitrogens with zero attached hydrogens (tertiary/aromatic N) is 5. The van der Waals surface area contributed by atoms with Crippen molar-refractivity contribution in [2.45, 2.75) is 32.7 Å². The molecular formula is C19H23N5O. The Morgan fingerprint density at radius 1 is 1.16 bits per heavy atom. The lowest BCUT2D eigenvalue weighted by Crippen LogP contribution is -2.29. The number of piperidine rings is 1. The van der Waals surface area contributed by atoms with E-state index in [9.17, 15) is 0 Å². The second kappa shape index (κ2) is 6.80. The van der Waals surface area contributed by atoms with E-state index >= 15 is 0 Å². The number of hydrogen-bond donors (Lipinski definition) is 0. The van der Waals surface area contributed by atoms with Crippen LogP contribution < -0.4 is 0 Å². The van der Waals surface area contributed by atoms with Gasteiger partial charge in [-0.15, -0.1) is 0 Å². The maximum absolute atomic E-state index is 5.48. The van der Waals surface area contributed by atoms with E-state index in [1.807, 2.05) is 24.6 Å². The molecule has 1 saturated heterocycles. The van der Waals surface area contributed by atoms with Crippen molar-refractivity contribution in [2.24, 2.45) is 7.05 Å². The Morgan fingerprint density at radius 2 is 2.00 bits per heavy atom. The highest BCUT2D eigenvalue weighted by atomic mass is 16.5. The first kappa shape index (κ1) is 16.0. The number of benzene rings is 1. The summed E-state index contributed by atoms with van der Waals surface area (Å²) in [6.45, 7) is 5.31. The van der Waals surface area contributed by atoms with E-state index in [0.29, 0.717) is 11.7 Å². The van der Waals surface area contributed by atoms with Crippen LogP contribution >= 0.6 is 0 Å². The average molecular weight is 337 g/mol. The summed E-state index contributed by atoms with van der Waals surface area (Å²) in [5.74, 6) is 1.13. The maximum Gasteiger partial charge on any atom is 0.276 e. The molecule has 0 atom stereocenters. The van der Waals surface area contributed by atoms with Gasteiger partial charge in [0, 0.05) is 19.2 Å². The lowest BCUT2D eigenvalue weighted by Gasteiger charge is -2.26. The van der Waals surface area contributed by atoms with Crippen molar-refractivity contribution in [1.82, 2.24) is 24.6 Å². The molecule has 1 aliphatic heterocycles. The van der Waals surface area contributed by atoms with Crippen molar-refractivity contribution < 1.29 is 4.52 Å². The Kier molecular flexibility index (Phi) is 4.36. The van der Waals surface area contributed by atoms with Crippen molar-refractivity contribution in [1.29, 1.82) is 0 Å². The van der Waals surface area contributed by atoms with E-state index in [1.54, 1.807) is 6.33 Å². The molecule has 4 rings (SSSR count). The molecular weight excluding hydrogens is 314 g/mol. The molecule has 1 aliphatic rings. The highest BCUT2D eigenvalue weighted by molar-refractivity contribution is 5.59. The molecule has 0 bridgehead atoms. The molecule has 3 aromatic rings. The van der Waals surface area contributed by atoms with Gasteiger partial charge in [-0.2, -0.15) is 4.98 Å². The Hall–Kier alpha value is -2.47. The summed E-state index contributed by atoms with van der Waals surface area (Å²) in [6, 6.07) is 8.44. The summed E-state index contributed by atoms with van der Waals surface area (Å²) in [5, 5.41) is 4.17.